The summed E-state index contributed by atoms with van der Waals surface area (Å²) < 4.78 is 32.5. The molecule has 0 heterocycles. The smallest absolute Gasteiger partial charge is 0.380 e. The van der Waals surface area contributed by atoms with E-state index in [1.54, 1.807) is 42.7 Å². The van der Waals surface area contributed by atoms with Gasteiger partial charge in [0, 0.05) is 61.2 Å². The van der Waals surface area contributed by atoms with Crippen LogP contribution in [0.5, 0.6) is 0 Å². The third kappa shape index (κ3) is 6.42. The van der Waals surface area contributed by atoms with Crippen LogP contribution in [-0.2, 0) is 27.5 Å². The summed E-state index contributed by atoms with van der Waals surface area (Å²) in [6.07, 6.45) is 1.09. The lowest BCUT2D eigenvalue weighted by molar-refractivity contribution is -0.165. The molecule has 0 saturated heterocycles. The molecule has 0 aliphatic carbocycles. The summed E-state index contributed by atoms with van der Waals surface area (Å²) in [7, 11) is 7.81. The molecule has 0 aliphatic rings. The van der Waals surface area contributed by atoms with E-state index in [-0.39, 0.29) is 12.1 Å². The van der Waals surface area contributed by atoms with E-state index in [0.29, 0.717) is 18.9 Å². The van der Waals surface area contributed by atoms with E-state index < -0.39 is 14.2 Å². The summed E-state index contributed by atoms with van der Waals surface area (Å²) in [5.74, 6) is 0. The van der Waals surface area contributed by atoms with E-state index in [0.717, 1.165) is 10.2 Å². The van der Waals surface area contributed by atoms with Gasteiger partial charge in [-0.1, -0.05) is 0 Å². The first kappa shape index (κ1) is 21.2. The summed E-state index contributed by atoms with van der Waals surface area (Å²) in [6.45, 7) is 0. The van der Waals surface area contributed by atoms with Gasteiger partial charge in [0.2, 0.25) is 0 Å². The Kier molecular flexibility index (Phi) is 10.1. The first-order chi connectivity index (χ1) is 9.85. The molecule has 128 valence electrons. The van der Waals surface area contributed by atoms with Gasteiger partial charge in [0.15, 0.2) is 0 Å². The molecular weight excluding hydrogens is 310 g/mol. The van der Waals surface area contributed by atoms with Gasteiger partial charge >= 0.3 is 8.80 Å². The van der Waals surface area contributed by atoms with Crippen LogP contribution in [0.3, 0.4) is 0 Å². The third-order valence-corrected chi connectivity index (χ3v) is 7.92. The van der Waals surface area contributed by atoms with Gasteiger partial charge in [0.05, 0.1) is 16.3 Å². The standard InChI is InChI=1S/C12H31NO6Si2/c1-14-11(9-12(20,15-2)16-3)10(13)7-8-21(17-4,18-5)19-6/h10-11H,7-9,13H2,1-6,20H3. The maximum Gasteiger partial charge on any atom is 0.500 e. The van der Waals surface area contributed by atoms with Crippen molar-refractivity contribution < 1.29 is 27.5 Å². The number of hydrogen-bond donors (Lipinski definition) is 1. The van der Waals surface area contributed by atoms with Gasteiger partial charge in [-0.15, -0.1) is 0 Å². The Labute approximate surface area is 132 Å². The lowest BCUT2D eigenvalue weighted by Gasteiger charge is -2.33. The van der Waals surface area contributed by atoms with Crippen LogP contribution in [0.15, 0.2) is 0 Å². The molecule has 0 rings (SSSR count). The maximum absolute atomic E-state index is 6.25. The Balaban J connectivity index is 4.62. The fourth-order valence-corrected chi connectivity index (χ4v) is 4.31. The second-order valence-electron chi connectivity index (χ2n) is 5.02. The van der Waals surface area contributed by atoms with Crippen molar-refractivity contribution in [3.05, 3.63) is 0 Å². The normalized spacial score (nSPS) is 16.1. The van der Waals surface area contributed by atoms with E-state index in [1.165, 1.54) is 0 Å². The average molecular weight is 342 g/mol. The molecule has 21 heavy (non-hydrogen) atoms. The molecule has 0 fully saturated rings. The summed E-state index contributed by atoms with van der Waals surface area (Å²) in [6, 6.07) is 0.451. The molecule has 2 N–H and O–H groups in total. The highest BCUT2D eigenvalue weighted by molar-refractivity contribution is 6.60. The second kappa shape index (κ2) is 10.0. The van der Waals surface area contributed by atoms with Crippen LogP contribution in [0.4, 0.5) is 0 Å². The average Bonchev–Trinajstić information content (AvgIpc) is 2.54. The Hall–Kier alpha value is 0.154. The molecule has 7 nitrogen and oxygen atoms in total. The van der Waals surface area contributed by atoms with E-state index in [4.69, 9.17) is 33.2 Å². The molecule has 2 atom stereocenters. The Morgan fingerprint density at radius 1 is 1.00 bits per heavy atom. The zero-order valence-corrected chi connectivity index (χ0v) is 17.3. The number of methoxy groups -OCH3 is 3. The maximum atomic E-state index is 6.25. The van der Waals surface area contributed by atoms with E-state index >= 15 is 0 Å². The van der Waals surface area contributed by atoms with Crippen molar-refractivity contribution in [1.29, 1.82) is 0 Å². The highest BCUT2D eigenvalue weighted by Gasteiger charge is 2.39. The van der Waals surface area contributed by atoms with Gasteiger partial charge in [-0.2, -0.15) is 0 Å². The summed E-state index contributed by atoms with van der Waals surface area (Å²) in [4.78, 5) is 0. The van der Waals surface area contributed by atoms with Crippen molar-refractivity contribution in [1.82, 2.24) is 0 Å². The largest absolute Gasteiger partial charge is 0.500 e. The summed E-state index contributed by atoms with van der Waals surface area (Å²) in [5, 5.41) is 0. The van der Waals surface area contributed by atoms with Gasteiger partial charge in [-0.3, -0.25) is 0 Å². The Bertz CT molecular complexity index is 268. The highest BCUT2D eigenvalue weighted by Crippen LogP contribution is 2.22. The van der Waals surface area contributed by atoms with Crippen LogP contribution in [0, 0.1) is 0 Å². The minimum absolute atomic E-state index is 0.167. The predicted molar refractivity (Wildman–Crippen MR) is 86.3 cm³/mol. The molecule has 9 heteroatoms. The molecule has 0 saturated carbocycles. The van der Waals surface area contributed by atoms with Gasteiger partial charge in [0.25, 0.3) is 0 Å². The lowest BCUT2D eigenvalue weighted by Crippen LogP contribution is -2.48. The van der Waals surface area contributed by atoms with Crippen molar-refractivity contribution in [2.75, 3.05) is 42.7 Å². The van der Waals surface area contributed by atoms with Crippen LogP contribution in [0.2, 0.25) is 6.04 Å². The zero-order chi connectivity index (χ0) is 16.5. The number of nitrogens with two attached hydrogens (primary N) is 1. The van der Waals surface area contributed by atoms with Gasteiger partial charge in [-0.05, 0) is 6.42 Å². The van der Waals surface area contributed by atoms with Crippen molar-refractivity contribution in [3.8, 4) is 0 Å². The fourth-order valence-electron chi connectivity index (χ4n) is 2.11. The van der Waals surface area contributed by atoms with Crippen LogP contribution >= 0.6 is 0 Å². The fraction of sp³-hybridized carbons (Fsp3) is 1.00. The molecule has 0 aromatic carbocycles. The minimum Gasteiger partial charge on any atom is -0.380 e. The summed E-state index contributed by atoms with van der Waals surface area (Å²) >= 11 is 0. The molecule has 0 radical (unpaired) electrons. The summed E-state index contributed by atoms with van der Waals surface area (Å²) in [5.41, 5.74) is 5.66. The van der Waals surface area contributed by atoms with Crippen LogP contribution in [-0.4, -0.2) is 79.3 Å². The molecule has 0 bridgehead atoms. The molecule has 0 aromatic heterocycles. The predicted octanol–water partition coefficient (Wildman–Crippen LogP) is -0.701. The second-order valence-corrected chi connectivity index (χ2v) is 9.63. The number of ether oxygens (including phenoxy) is 3. The van der Waals surface area contributed by atoms with E-state index in [2.05, 4.69) is 0 Å². The zero-order valence-electron chi connectivity index (χ0n) is 14.3. The number of rotatable bonds is 12. The van der Waals surface area contributed by atoms with Crippen molar-refractivity contribution in [3.63, 3.8) is 0 Å². The minimum atomic E-state index is -2.60. The van der Waals surface area contributed by atoms with Gasteiger partial charge in [0.1, 0.15) is 5.41 Å². The Morgan fingerprint density at radius 3 is 1.81 bits per heavy atom. The molecular formula is C12H31NO6Si2. The van der Waals surface area contributed by atoms with Crippen molar-refractivity contribution in [2.45, 2.75) is 36.4 Å². The Morgan fingerprint density at radius 2 is 1.48 bits per heavy atom. The lowest BCUT2D eigenvalue weighted by atomic mass is 10.1. The first-order valence-electron chi connectivity index (χ1n) is 6.90. The highest BCUT2D eigenvalue weighted by atomic mass is 28.4. The van der Waals surface area contributed by atoms with Crippen LogP contribution in [0.25, 0.3) is 0 Å². The topological polar surface area (TPSA) is 81.4 Å². The van der Waals surface area contributed by atoms with Gasteiger partial charge in [-0.25, -0.2) is 0 Å². The number of hydrogen-bond acceptors (Lipinski definition) is 7. The van der Waals surface area contributed by atoms with Crippen molar-refractivity contribution in [2.24, 2.45) is 5.73 Å². The van der Waals surface area contributed by atoms with Gasteiger partial charge < -0.3 is 33.2 Å². The SMILES string of the molecule is COC(CC([SiH3])(OC)OC)C(N)CC[Si](OC)(OC)OC. The van der Waals surface area contributed by atoms with Crippen LogP contribution < -0.4 is 5.73 Å². The quantitative estimate of drug-likeness (QED) is 0.371. The monoisotopic (exact) mass is 341 g/mol. The first-order valence-corrected chi connectivity index (χ1v) is 9.83. The van der Waals surface area contributed by atoms with Crippen molar-refractivity contribution >= 4 is 19.0 Å². The molecule has 0 aliphatic heterocycles. The molecule has 0 aromatic rings. The van der Waals surface area contributed by atoms with E-state index in [1.807, 2.05) is 0 Å². The molecule has 0 spiro atoms. The molecule has 2 unspecified atom stereocenters. The van der Waals surface area contributed by atoms with E-state index in [9.17, 15) is 0 Å². The third-order valence-electron chi connectivity index (χ3n) is 3.93. The van der Waals surface area contributed by atoms with Crippen LogP contribution in [0.1, 0.15) is 12.8 Å². The molecule has 0 amide bonds.